The van der Waals surface area contributed by atoms with Gasteiger partial charge in [-0.3, -0.25) is 25.2 Å². The first-order valence-corrected chi connectivity index (χ1v) is 8.91. The Hall–Kier alpha value is -4.47. The molecule has 4 aromatic rings. The number of amides is 2. The molecule has 0 spiro atoms. The third-order valence-corrected chi connectivity index (χ3v) is 4.30. The Kier molecular flexibility index (Phi) is 4.95. The largest absolute Gasteiger partial charge is 0.504 e. The fourth-order valence-electron chi connectivity index (χ4n) is 2.84. The molecule has 0 radical (unpaired) electrons. The van der Waals surface area contributed by atoms with Gasteiger partial charge >= 0.3 is 0 Å². The van der Waals surface area contributed by atoms with Gasteiger partial charge in [-0.15, -0.1) is 0 Å². The van der Waals surface area contributed by atoms with E-state index >= 15 is 0 Å². The van der Waals surface area contributed by atoms with E-state index in [1.54, 1.807) is 48.5 Å². The van der Waals surface area contributed by atoms with Gasteiger partial charge in [-0.1, -0.05) is 36.4 Å². The minimum atomic E-state index is -0.811. The number of para-hydroxylation sites is 1. The summed E-state index contributed by atoms with van der Waals surface area (Å²) in [5.41, 5.74) is 4.31. The van der Waals surface area contributed by atoms with E-state index in [1.165, 1.54) is 17.1 Å². The summed E-state index contributed by atoms with van der Waals surface area (Å²) in [6, 6.07) is 15.8. The van der Waals surface area contributed by atoms with E-state index < -0.39 is 23.9 Å². The summed E-state index contributed by atoms with van der Waals surface area (Å²) in [7, 11) is 0. The molecule has 0 aliphatic rings. The Bertz CT molecular complexity index is 1300. The summed E-state index contributed by atoms with van der Waals surface area (Å²) in [6.45, 7) is -0.394. The van der Waals surface area contributed by atoms with Crippen molar-refractivity contribution >= 4 is 22.6 Å². The fourth-order valence-corrected chi connectivity index (χ4v) is 2.84. The molecule has 0 aliphatic heterocycles. The van der Waals surface area contributed by atoms with Gasteiger partial charge < -0.3 is 5.11 Å². The number of hydrogen-bond donors (Lipinski definition) is 3. The Morgan fingerprint density at radius 1 is 1.00 bits per heavy atom. The van der Waals surface area contributed by atoms with Crippen LogP contribution < -0.4 is 16.4 Å². The van der Waals surface area contributed by atoms with E-state index in [4.69, 9.17) is 0 Å². The lowest BCUT2D eigenvalue weighted by atomic mass is 10.2. The van der Waals surface area contributed by atoms with Gasteiger partial charge in [-0.05, 0) is 18.2 Å². The number of hydrazine groups is 1. The lowest BCUT2D eigenvalue weighted by molar-refractivity contribution is -0.122. The summed E-state index contributed by atoms with van der Waals surface area (Å²) in [5, 5.41) is 19.1. The van der Waals surface area contributed by atoms with Gasteiger partial charge in [-0.25, -0.2) is 9.36 Å². The summed E-state index contributed by atoms with van der Waals surface area (Å²) >= 11 is 0. The van der Waals surface area contributed by atoms with Crippen molar-refractivity contribution in [3.05, 3.63) is 83.0 Å². The molecular weight excluding hydrogens is 388 g/mol. The first kappa shape index (κ1) is 18.9. The van der Waals surface area contributed by atoms with Gasteiger partial charge in [0.25, 0.3) is 17.4 Å². The lowest BCUT2D eigenvalue weighted by Crippen LogP contribution is -2.44. The van der Waals surface area contributed by atoms with E-state index in [1.807, 2.05) is 6.07 Å². The molecular formula is C20H16N6O4. The SMILES string of the molecule is O=C(Cn1ncc2ccccc2c1=O)NNC(=O)c1nn(-c2ccccc2)cc1O. The predicted molar refractivity (Wildman–Crippen MR) is 107 cm³/mol. The maximum absolute atomic E-state index is 12.4. The second-order valence-electron chi connectivity index (χ2n) is 6.34. The molecule has 2 aromatic heterocycles. The van der Waals surface area contributed by atoms with E-state index in [-0.39, 0.29) is 11.4 Å². The van der Waals surface area contributed by atoms with E-state index in [0.29, 0.717) is 16.5 Å². The fraction of sp³-hybridized carbons (Fsp3) is 0.0500. The molecule has 0 saturated carbocycles. The zero-order chi connectivity index (χ0) is 21.1. The molecule has 0 fully saturated rings. The molecule has 0 aliphatic carbocycles. The normalized spacial score (nSPS) is 10.7. The summed E-state index contributed by atoms with van der Waals surface area (Å²) in [5.74, 6) is -1.83. The number of fused-ring (bicyclic) bond motifs is 1. The van der Waals surface area contributed by atoms with Crippen LogP contribution in [-0.2, 0) is 11.3 Å². The maximum Gasteiger partial charge on any atom is 0.294 e. The predicted octanol–water partition coefficient (Wildman–Crippen LogP) is 0.749. The molecule has 150 valence electrons. The first-order chi connectivity index (χ1) is 14.5. The minimum absolute atomic E-state index is 0.264. The van der Waals surface area contributed by atoms with Gasteiger partial charge in [0.15, 0.2) is 11.4 Å². The van der Waals surface area contributed by atoms with Crippen molar-refractivity contribution in [2.24, 2.45) is 0 Å². The number of aromatic hydroxyl groups is 1. The van der Waals surface area contributed by atoms with Crippen molar-refractivity contribution in [2.75, 3.05) is 0 Å². The van der Waals surface area contributed by atoms with Crippen molar-refractivity contribution in [3.63, 3.8) is 0 Å². The molecule has 0 unspecified atom stereocenters. The van der Waals surface area contributed by atoms with Crippen molar-refractivity contribution in [1.82, 2.24) is 30.4 Å². The highest BCUT2D eigenvalue weighted by atomic mass is 16.3. The van der Waals surface area contributed by atoms with Crippen LogP contribution >= 0.6 is 0 Å². The first-order valence-electron chi connectivity index (χ1n) is 8.91. The van der Waals surface area contributed by atoms with Crippen molar-refractivity contribution < 1.29 is 14.7 Å². The van der Waals surface area contributed by atoms with Crippen LogP contribution in [0.2, 0.25) is 0 Å². The third-order valence-electron chi connectivity index (χ3n) is 4.30. The second-order valence-corrected chi connectivity index (χ2v) is 6.34. The van der Waals surface area contributed by atoms with Gasteiger partial charge in [0.05, 0.1) is 23.5 Å². The van der Waals surface area contributed by atoms with Crippen LogP contribution in [0.5, 0.6) is 5.75 Å². The number of hydrogen-bond acceptors (Lipinski definition) is 6. The molecule has 3 N–H and O–H groups in total. The van der Waals surface area contributed by atoms with E-state index in [2.05, 4.69) is 21.0 Å². The van der Waals surface area contributed by atoms with Crippen molar-refractivity contribution in [2.45, 2.75) is 6.54 Å². The molecule has 10 heteroatoms. The summed E-state index contributed by atoms with van der Waals surface area (Å²) in [4.78, 5) is 36.8. The number of carbonyl (C=O) groups excluding carboxylic acids is 2. The minimum Gasteiger partial charge on any atom is -0.504 e. The van der Waals surface area contributed by atoms with Gasteiger partial charge in [0, 0.05) is 5.39 Å². The number of rotatable bonds is 4. The molecule has 0 saturated heterocycles. The molecule has 0 bridgehead atoms. The Morgan fingerprint density at radius 2 is 1.73 bits per heavy atom. The Balaban J connectivity index is 1.42. The average molecular weight is 404 g/mol. The standard InChI is InChI=1S/C20H16N6O4/c27-16-11-25(14-7-2-1-3-8-14)24-18(16)19(29)23-22-17(28)12-26-20(30)15-9-5-4-6-13(15)10-21-26/h1-11,27H,12H2,(H,22,28)(H,23,29). The van der Waals surface area contributed by atoms with Gasteiger partial charge in [0.1, 0.15) is 6.54 Å². The molecule has 2 heterocycles. The van der Waals surface area contributed by atoms with Crippen LogP contribution in [-0.4, -0.2) is 36.5 Å². The number of aromatic nitrogens is 4. The summed E-state index contributed by atoms with van der Waals surface area (Å²) in [6.07, 6.45) is 2.77. The summed E-state index contributed by atoms with van der Waals surface area (Å²) < 4.78 is 2.33. The highest BCUT2D eigenvalue weighted by Gasteiger charge is 2.18. The molecule has 30 heavy (non-hydrogen) atoms. The maximum atomic E-state index is 12.4. The monoisotopic (exact) mass is 404 g/mol. The zero-order valence-electron chi connectivity index (χ0n) is 15.5. The van der Waals surface area contributed by atoms with Crippen LogP contribution in [0.4, 0.5) is 0 Å². The van der Waals surface area contributed by atoms with Crippen LogP contribution in [0, 0.1) is 0 Å². The number of nitrogens with one attached hydrogen (secondary N) is 2. The third kappa shape index (κ3) is 3.74. The quantitative estimate of drug-likeness (QED) is 0.430. The average Bonchev–Trinajstić information content (AvgIpc) is 3.16. The highest BCUT2D eigenvalue weighted by molar-refractivity contribution is 5.95. The molecule has 2 amide bonds. The van der Waals surface area contributed by atoms with Gasteiger partial charge in [-0.2, -0.15) is 10.2 Å². The Labute approximate surface area is 169 Å². The molecule has 0 atom stereocenters. The van der Waals surface area contributed by atoms with Crippen molar-refractivity contribution in [1.29, 1.82) is 0 Å². The topological polar surface area (TPSA) is 131 Å². The zero-order valence-corrected chi connectivity index (χ0v) is 15.5. The number of carbonyl (C=O) groups is 2. The molecule has 2 aromatic carbocycles. The van der Waals surface area contributed by atoms with E-state index in [0.717, 1.165) is 4.68 Å². The molecule has 10 nitrogen and oxygen atoms in total. The van der Waals surface area contributed by atoms with E-state index in [9.17, 15) is 19.5 Å². The van der Waals surface area contributed by atoms with Crippen molar-refractivity contribution in [3.8, 4) is 11.4 Å². The van der Waals surface area contributed by atoms with Gasteiger partial charge in [0.2, 0.25) is 0 Å². The number of benzene rings is 2. The van der Waals surface area contributed by atoms with Crippen LogP contribution in [0.15, 0.2) is 71.8 Å². The lowest BCUT2D eigenvalue weighted by Gasteiger charge is -2.08. The second kappa shape index (κ2) is 7.87. The van der Waals surface area contributed by atoms with Crippen LogP contribution in [0.25, 0.3) is 16.5 Å². The Morgan fingerprint density at radius 3 is 2.53 bits per heavy atom. The van der Waals surface area contributed by atoms with Crippen LogP contribution in [0.1, 0.15) is 10.5 Å². The van der Waals surface area contributed by atoms with Crippen LogP contribution in [0.3, 0.4) is 0 Å². The molecule has 4 rings (SSSR count). The smallest absolute Gasteiger partial charge is 0.294 e. The number of nitrogens with zero attached hydrogens (tertiary/aromatic N) is 4. The highest BCUT2D eigenvalue weighted by Crippen LogP contribution is 2.17.